The van der Waals surface area contributed by atoms with Gasteiger partial charge in [0.25, 0.3) is 0 Å². The Bertz CT molecular complexity index is 333. The van der Waals surface area contributed by atoms with Crippen molar-refractivity contribution in [2.75, 3.05) is 0 Å². The molecule has 4 heteroatoms. The van der Waals surface area contributed by atoms with Crippen molar-refractivity contribution in [2.24, 2.45) is 5.73 Å². The van der Waals surface area contributed by atoms with E-state index in [4.69, 9.17) is 10.8 Å². The molecule has 78 valence electrons. The maximum atomic E-state index is 12.9. The van der Waals surface area contributed by atoms with Crippen LogP contribution in [0, 0.1) is 5.82 Å². The second kappa shape index (κ2) is 3.55. The third kappa shape index (κ3) is 2.21. The fraction of sp³-hybridized carbons (Fsp3) is 0.400. The van der Waals surface area contributed by atoms with E-state index in [0.29, 0.717) is 5.56 Å². The Hall–Kier alpha value is -1.13. The first-order valence-corrected chi connectivity index (χ1v) is 4.27. The van der Waals surface area contributed by atoms with E-state index in [0.717, 1.165) is 6.07 Å². The van der Waals surface area contributed by atoms with Gasteiger partial charge in [0.15, 0.2) is 11.6 Å². The Balaban J connectivity index is 3.03. The number of halogens is 1. The Kier molecular flexibility index (Phi) is 2.78. The molecule has 0 aliphatic carbocycles. The summed E-state index contributed by atoms with van der Waals surface area (Å²) in [5.41, 5.74) is 5.17. The van der Waals surface area contributed by atoms with Crippen LogP contribution in [0.4, 0.5) is 4.39 Å². The van der Waals surface area contributed by atoms with Gasteiger partial charge in [-0.1, -0.05) is 6.07 Å². The molecular weight excluding hydrogens is 185 g/mol. The van der Waals surface area contributed by atoms with Crippen molar-refractivity contribution in [3.05, 3.63) is 29.6 Å². The van der Waals surface area contributed by atoms with Crippen LogP contribution in [-0.4, -0.2) is 15.8 Å². The lowest BCUT2D eigenvalue weighted by atomic mass is 9.92. The number of phenols is 1. The maximum absolute atomic E-state index is 12.9. The SMILES string of the molecule is CC(C)(N)C(O)c1ccc(O)c(F)c1. The van der Waals surface area contributed by atoms with Gasteiger partial charge in [0, 0.05) is 5.54 Å². The van der Waals surface area contributed by atoms with E-state index in [1.165, 1.54) is 12.1 Å². The highest BCUT2D eigenvalue weighted by Gasteiger charge is 2.24. The van der Waals surface area contributed by atoms with Crippen molar-refractivity contribution < 1.29 is 14.6 Å². The highest BCUT2D eigenvalue weighted by Crippen LogP contribution is 2.26. The van der Waals surface area contributed by atoms with Crippen LogP contribution in [0.2, 0.25) is 0 Å². The van der Waals surface area contributed by atoms with Crippen LogP contribution in [-0.2, 0) is 0 Å². The van der Waals surface area contributed by atoms with Crippen LogP contribution >= 0.6 is 0 Å². The zero-order chi connectivity index (χ0) is 10.9. The number of rotatable bonds is 2. The minimum Gasteiger partial charge on any atom is -0.505 e. The first-order chi connectivity index (χ1) is 6.32. The molecule has 4 N–H and O–H groups in total. The molecule has 1 aromatic rings. The molecule has 0 radical (unpaired) electrons. The molecule has 0 saturated heterocycles. The van der Waals surface area contributed by atoms with Crippen molar-refractivity contribution in [2.45, 2.75) is 25.5 Å². The maximum Gasteiger partial charge on any atom is 0.165 e. The average molecular weight is 199 g/mol. The van der Waals surface area contributed by atoms with Crippen molar-refractivity contribution in [3.8, 4) is 5.75 Å². The Morgan fingerprint density at radius 2 is 2.00 bits per heavy atom. The van der Waals surface area contributed by atoms with E-state index in [-0.39, 0.29) is 0 Å². The third-order valence-corrected chi connectivity index (χ3v) is 1.99. The van der Waals surface area contributed by atoms with E-state index in [2.05, 4.69) is 0 Å². The van der Waals surface area contributed by atoms with Gasteiger partial charge in [-0.3, -0.25) is 0 Å². The van der Waals surface area contributed by atoms with Crippen LogP contribution in [0.3, 0.4) is 0 Å². The first-order valence-electron chi connectivity index (χ1n) is 4.27. The number of benzene rings is 1. The quantitative estimate of drug-likeness (QED) is 0.672. The molecular formula is C10H14FNO2. The summed E-state index contributed by atoms with van der Waals surface area (Å²) in [5.74, 6) is -1.19. The summed E-state index contributed by atoms with van der Waals surface area (Å²) in [6, 6.07) is 3.71. The minimum atomic E-state index is -0.961. The van der Waals surface area contributed by atoms with Gasteiger partial charge in [-0.2, -0.15) is 0 Å². The fourth-order valence-electron chi connectivity index (χ4n) is 1.12. The standard InChI is InChI=1S/C10H14FNO2/c1-10(2,12)9(14)6-3-4-8(13)7(11)5-6/h3-5,9,13-14H,12H2,1-2H3. The molecule has 1 unspecified atom stereocenters. The summed E-state index contributed by atoms with van der Waals surface area (Å²) >= 11 is 0. The monoisotopic (exact) mass is 199 g/mol. The van der Waals surface area contributed by atoms with E-state index in [9.17, 15) is 9.50 Å². The summed E-state index contributed by atoms with van der Waals surface area (Å²) in [5, 5.41) is 18.6. The minimum absolute atomic E-state index is 0.354. The molecule has 0 amide bonds. The lowest BCUT2D eigenvalue weighted by molar-refractivity contribution is 0.104. The van der Waals surface area contributed by atoms with Crippen molar-refractivity contribution in [1.29, 1.82) is 0 Å². The van der Waals surface area contributed by atoms with Gasteiger partial charge in [0.1, 0.15) is 0 Å². The normalized spacial score (nSPS) is 14.1. The third-order valence-electron chi connectivity index (χ3n) is 1.99. The van der Waals surface area contributed by atoms with Gasteiger partial charge in [-0.05, 0) is 31.5 Å². The molecule has 14 heavy (non-hydrogen) atoms. The molecule has 0 fully saturated rings. The van der Waals surface area contributed by atoms with Crippen LogP contribution < -0.4 is 5.73 Å². The summed E-state index contributed by atoms with van der Waals surface area (Å²) in [6.45, 7) is 3.28. The number of hydrogen-bond acceptors (Lipinski definition) is 3. The van der Waals surface area contributed by atoms with Gasteiger partial charge >= 0.3 is 0 Å². The topological polar surface area (TPSA) is 66.5 Å². The molecule has 0 aliphatic heterocycles. The second-order valence-corrected chi connectivity index (χ2v) is 3.93. The van der Waals surface area contributed by atoms with Gasteiger partial charge in [-0.25, -0.2) is 4.39 Å². The van der Waals surface area contributed by atoms with Crippen molar-refractivity contribution in [3.63, 3.8) is 0 Å². The molecule has 0 saturated carbocycles. The molecule has 0 spiro atoms. The number of hydrogen-bond donors (Lipinski definition) is 3. The molecule has 0 aromatic heterocycles. The van der Waals surface area contributed by atoms with Gasteiger partial charge in [0.2, 0.25) is 0 Å². The van der Waals surface area contributed by atoms with Crippen LogP contribution in [0.15, 0.2) is 18.2 Å². The van der Waals surface area contributed by atoms with E-state index in [1.54, 1.807) is 13.8 Å². The van der Waals surface area contributed by atoms with Crippen molar-refractivity contribution in [1.82, 2.24) is 0 Å². The summed E-state index contributed by atoms with van der Waals surface area (Å²) in [4.78, 5) is 0. The zero-order valence-electron chi connectivity index (χ0n) is 8.16. The molecule has 0 bridgehead atoms. The largest absolute Gasteiger partial charge is 0.505 e. The summed E-state index contributed by atoms with van der Waals surface area (Å²) in [6.07, 6.45) is -0.961. The predicted molar refractivity (Wildman–Crippen MR) is 51.3 cm³/mol. The van der Waals surface area contributed by atoms with Gasteiger partial charge in [0.05, 0.1) is 6.10 Å². The van der Waals surface area contributed by atoms with E-state index in [1.807, 2.05) is 0 Å². The smallest absolute Gasteiger partial charge is 0.165 e. The Labute approximate surface area is 82.0 Å². The molecule has 1 rings (SSSR count). The lowest BCUT2D eigenvalue weighted by Gasteiger charge is -2.26. The summed E-state index contributed by atoms with van der Waals surface area (Å²) in [7, 11) is 0. The van der Waals surface area contributed by atoms with Crippen LogP contribution in [0.25, 0.3) is 0 Å². The number of nitrogens with two attached hydrogens (primary N) is 1. The van der Waals surface area contributed by atoms with Gasteiger partial charge in [-0.15, -0.1) is 0 Å². The van der Waals surface area contributed by atoms with E-state index < -0.39 is 23.2 Å². The molecule has 1 aromatic carbocycles. The fourth-order valence-corrected chi connectivity index (χ4v) is 1.12. The molecule has 0 heterocycles. The highest BCUT2D eigenvalue weighted by atomic mass is 19.1. The summed E-state index contributed by atoms with van der Waals surface area (Å²) < 4.78 is 12.9. The zero-order valence-corrected chi connectivity index (χ0v) is 8.16. The molecule has 3 nitrogen and oxygen atoms in total. The average Bonchev–Trinajstić information content (AvgIpc) is 2.07. The number of aliphatic hydroxyl groups is 1. The van der Waals surface area contributed by atoms with Crippen molar-refractivity contribution >= 4 is 0 Å². The first kappa shape index (κ1) is 10.9. The van der Waals surface area contributed by atoms with Crippen LogP contribution in [0.5, 0.6) is 5.75 Å². The number of aromatic hydroxyl groups is 1. The Morgan fingerprint density at radius 3 is 2.43 bits per heavy atom. The lowest BCUT2D eigenvalue weighted by Crippen LogP contribution is -2.39. The molecule has 1 atom stereocenters. The highest BCUT2D eigenvalue weighted by molar-refractivity contribution is 5.30. The van der Waals surface area contributed by atoms with E-state index >= 15 is 0 Å². The number of phenolic OH excluding ortho intramolecular Hbond substituents is 1. The molecule has 0 aliphatic rings. The van der Waals surface area contributed by atoms with Crippen LogP contribution in [0.1, 0.15) is 25.5 Å². The Morgan fingerprint density at radius 1 is 1.43 bits per heavy atom. The second-order valence-electron chi connectivity index (χ2n) is 3.93. The van der Waals surface area contributed by atoms with Gasteiger partial charge < -0.3 is 15.9 Å². The number of aliphatic hydroxyl groups excluding tert-OH is 1. The predicted octanol–water partition coefficient (Wildman–Crippen LogP) is 1.30.